The summed E-state index contributed by atoms with van der Waals surface area (Å²) in [5.41, 5.74) is 4.00. The third kappa shape index (κ3) is 8.76. The van der Waals surface area contributed by atoms with E-state index in [0.717, 1.165) is 38.5 Å². The lowest BCUT2D eigenvalue weighted by Crippen LogP contribution is -2.64. The van der Waals surface area contributed by atoms with Crippen LogP contribution in [0.1, 0.15) is 104 Å². The molecule has 1 saturated heterocycles. The van der Waals surface area contributed by atoms with Crippen LogP contribution < -0.4 is 21.7 Å². The van der Waals surface area contributed by atoms with E-state index in [9.17, 15) is 28.8 Å². The van der Waals surface area contributed by atoms with E-state index in [0.29, 0.717) is 31.2 Å². The van der Waals surface area contributed by atoms with Gasteiger partial charge in [0.2, 0.25) is 17.6 Å². The lowest BCUT2D eigenvalue weighted by Gasteiger charge is -2.39. The van der Waals surface area contributed by atoms with Crippen LogP contribution in [0.4, 0.5) is 4.79 Å². The fourth-order valence-corrected chi connectivity index (χ4v) is 7.22. The lowest BCUT2D eigenvalue weighted by molar-refractivity contribution is -0.154. The maximum Gasteiger partial charge on any atom is 0.332 e. The second-order valence-corrected chi connectivity index (χ2v) is 15.2. The predicted octanol–water partition coefficient (Wildman–Crippen LogP) is 3.34. The van der Waals surface area contributed by atoms with Gasteiger partial charge in [0.05, 0.1) is 18.6 Å². The number of nitrogens with two attached hydrogens (primary N) is 1. The molecule has 0 bridgehead atoms. The molecule has 1 aliphatic heterocycles. The molecule has 5 amide bonds. The van der Waals surface area contributed by atoms with Crippen LogP contribution in [0.2, 0.25) is 0 Å². The Kier molecular flexibility index (Phi) is 12.0. The van der Waals surface area contributed by atoms with Gasteiger partial charge in [-0.2, -0.15) is 0 Å². The number of ether oxygens (including phenoxy) is 1. The number of amides is 5. The van der Waals surface area contributed by atoms with Gasteiger partial charge in [0.15, 0.2) is 0 Å². The molecule has 5 N–H and O–H groups in total. The highest BCUT2D eigenvalue weighted by molar-refractivity contribution is 6.37. The Morgan fingerprint density at radius 3 is 2.25 bits per heavy atom. The van der Waals surface area contributed by atoms with Gasteiger partial charge in [-0.25, -0.2) is 9.59 Å². The molecule has 3 aliphatic rings. The fourth-order valence-electron chi connectivity index (χ4n) is 7.22. The molecule has 4 rings (SSSR count). The van der Waals surface area contributed by atoms with Crippen molar-refractivity contribution in [3.05, 3.63) is 24.2 Å². The first-order valence-electron chi connectivity index (χ1n) is 17.3. The number of ketones is 1. The molecule has 2 heterocycles. The van der Waals surface area contributed by atoms with Gasteiger partial charge in [0, 0.05) is 12.1 Å². The summed E-state index contributed by atoms with van der Waals surface area (Å²) in [5.74, 6) is -3.44. The summed E-state index contributed by atoms with van der Waals surface area (Å²) in [5, 5.41) is 8.49. The standard InChI is InChI=1S/C35H53N5O8/c1-21(2)24-12-16-40(26(24)30(43)37-25(27(41)29(36)42)18-22-10-9-11-22)31(44)28(34(3,4)5)38-33(46)39-35(14-7-6-8-15-35)32(45)48-20-23-13-17-47-19-23/h13,17,19,21-22,24-26,28H,6-12,14-16,18,20H2,1-5H3,(H2,36,42)(H,37,43)(H2,38,39,46)/t24?,25?,26-,28+/m0/s1. The predicted molar refractivity (Wildman–Crippen MR) is 176 cm³/mol. The van der Waals surface area contributed by atoms with Gasteiger partial charge in [0.1, 0.15) is 24.2 Å². The molecule has 48 heavy (non-hydrogen) atoms. The van der Waals surface area contributed by atoms with Crippen molar-refractivity contribution in [3.63, 3.8) is 0 Å². The minimum Gasteiger partial charge on any atom is -0.472 e. The minimum atomic E-state index is -1.25. The van der Waals surface area contributed by atoms with Crippen molar-refractivity contribution in [1.29, 1.82) is 0 Å². The number of esters is 1. The molecule has 0 spiro atoms. The summed E-state index contributed by atoms with van der Waals surface area (Å²) in [6.45, 7) is 9.68. The molecule has 2 aliphatic carbocycles. The van der Waals surface area contributed by atoms with Gasteiger partial charge in [-0.3, -0.25) is 19.2 Å². The van der Waals surface area contributed by atoms with E-state index < -0.39 is 64.6 Å². The van der Waals surface area contributed by atoms with Crippen LogP contribution in [0.3, 0.4) is 0 Å². The summed E-state index contributed by atoms with van der Waals surface area (Å²) in [7, 11) is 0. The largest absolute Gasteiger partial charge is 0.472 e. The fraction of sp³-hybridized carbons (Fsp3) is 0.714. The minimum absolute atomic E-state index is 0.00542. The summed E-state index contributed by atoms with van der Waals surface area (Å²) in [6.07, 6.45) is 9.85. The highest BCUT2D eigenvalue weighted by atomic mass is 16.5. The zero-order chi connectivity index (χ0) is 35.2. The van der Waals surface area contributed by atoms with Crippen molar-refractivity contribution in [2.24, 2.45) is 28.9 Å². The van der Waals surface area contributed by atoms with Gasteiger partial charge in [-0.15, -0.1) is 0 Å². The molecule has 1 aromatic rings. The Morgan fingerprint density at radius 1 is 1.02 bits per heavy atom. The van der Waals surface area contributed by atoms with E-state index in [1.165, 1.54) is 17.4 Å². The smallest absolute Gasteiger partial charge is 0.332 e. The highest BCUT2D eigenvalue weighted by Crippen LogP contribution is 2.35. The highest BCUT2D eigenvalue weighted by Gasteiger charge is 2.49. The van der Waals surface area contributed by atoms with E-state index in [1.54, 1.807) is 6.07 Å². The number of nitrogens with one attached hydrogen (secondary N) is 3. The summed E-state index contributed by atoms with van der Waals surface area (Å²) in [4.78, 5) is 81.5. The third-order valence-electron chi connectivity index (χ3n) is 10.3. The number of urea groups is 1. The van der Waals surface area contributed by atoms with Gasteiger partial charge in [0.25, 0.3) is 5.91 Å². The number of nitrogens with zero attached hydrogens (tertiary/aromatic N) is 1. The van der Waals surface area contributed by atoms with Crippen LogP contribution >= 0.6 is 0 Å². The van der Waals surface area contributed by atoms with Crippen LogP contribution in [-0.4, -0.2) is 70.6 Å². The number of rotatable bonds is 13. The van der Waals surface area contributed by atoms with Crippen molar-refractivity contribution >= 4 is 35.5 Å². The quantitative estimate of drug-likeness (QED) is 0.181. The van der Waals surface area contributed by atoms with Crippen molar-refractivity contribution in [1.82, 2.24) is 20.9 Å². The molecule has 13 heteroatoms. The first-order chi connectivity index (χ1) is 22.6. The number of carbonyl (C=O) groups excluding carboxylic acids is 6. The van der Waals surface area contributed by atoms with E-state index in [4.69, 9.17) is 14.9 Å². The molecule has 13 nitrogen and oxygen atoms in total. The normalized spacial score (nSPS) is 22.2. The molecule has 0 radical (unpaired) electrons. The molecule has 1 aromatic heterocycles. The van der Waals surface area contributed by atoms with E-state index >= 15 is 0 Å². The van der Waals surface area contributed by atoms with Gasteiger partial charge >= 0.3 is 12.0 Å². The topological polar surface area (TPSA) is 190 Å². The Labute approximate surface area is 282 Å². The Bertz CT molecular complexity index is 1330. The molecule has 0 aromatic carbocycles. The van der Waals surface area contributed by atoms with Crippen molar-refractivity contribution in [2.45, 2.75) is 129 Å². The van der Waals surface area contributed by atoms with Crippen LogP contribution in [-0.2, 0) is 35.3 Å². The summed E-state index contributed by atoms with van der Waals surface area (Å²) < 4.78 is 10.6. The number of furan rings is 1. The first kappa shape index (κ1) is 36.9. The maximum atomic E-state index is 14.4. The van der Waals surface area contributed by atoms with E-state index in [1.807, 2.05) is 34.6 Å². The number of carbonyl (C=O) groups is 6. The van der Waals surface area contributed by atoms with Crippen LogP contribution in [0.5, 0.6) is 0 Å². The molecular formula is C35H53N5O8. The lowest BCUT2D eigenvalue weighted by atomic mass is 9.80. The van der Waals surface area contributed by atoms with Gasteiger partial charge in [-0.1, -0.05) is 73.1 Å². The SMILES string of the molecule is CC(C)C1CCN(C(=O)[C@@H](NC(=O)NC2(C(=O)OCc3ccoc3)CCCCC2)C(C)(C)C)[C@@H]1C(=O)NC(CC1CCC1)C(=O)C(N)=O. The van der Waals surface area contributed by atoms with E-state index in [-0.39, 0.29) is 30.9 Å². The zero-order valence-electron chi connectivity index (χ0n) is 29.0. The molecule has 2 unspecified atom stereocenters. The third-order valence-corrected chi connectivity index (χ3v) is 10.3. The molecule has 3 fully saturated rings. The van der Waals surface area contributed by atoms with Gasteiger partial charge in [-0.05, 0) is 54.9 Å². The summed E-state index contributed by atoms with van der Waals surface area (Å²) >= 11 is 0. The number of hydrogen-bond donors (Lipinski definition) is 4. The molecule has 266 valence electrons. The average molecular weight is 672 g/mol. The van der Waals surface area contributed by atoms with Crippen LogP contribution in [0, 0.1) is 23.2 Å². The second-order valence-electron chi connectivity index (χ2n) is 15.2. The van der Waals surface area contributed by atoms with Crippen molar-refractivity contribution < 1.29 is 37.9 Å². The van der Waals surface area contributed by atoms with E-state index in [2.05, 4.69) is 16.0 Å². The number of primary amides is 1. The van der Waals surface area contributed by atoms with Crippen molar-refractivity contribution in [2.75, 3.05) is 6.54 Å². The Balaban J connectivity index is 1.52. The number of hydrogen-bond acceptors (Lipinski definition) is 8. The summed E-state index contributed by atoms with van der Waals surface area (Å²) in [6, 6.07) is -2.02. The number of likely N-dealkylation sites (tertiary alicyclic amines) is 1. The average Bonchev–Trinajstić information content (AvgIpc) is 3.69. The van der Waals surface area contributed by atoms with Crippen molar-refractivity contribution in [3.8, 4) is 0 Å². The Morgan fingerprint density at radius 2 is 1.71 bits per heavy atom. The molecule has 2 saturated carbocycles. The molecule has 4 atom stereocenters. The number of Topliss-reactive ketones (excluding diaryl/α,β-unsaturated/α-hetero) is 1. The first-order valence-corrected chi connectivity index (χ1v) is 17.3. The van der Waals surface area contributed by atoms with Crippen LogP contribution in [0.25, 0.3) is 0 Å². The second kappa shape index (κ2) is 15.5. The monoisotopic (exact) mass is 671 g/mol. The molecular weight excluding hydrogens is 618 g/mol. The maximum absolute atomic E-state index is 14.4. The zero-order valence-corrected chi connectivity index (χ0v) is 29.0. The Hall–Kier alpha value is -3.90. The van der Waals surface area contributed by atoms with Crippen LogP contribution in [0.15, 0.2) is 23.0 Å². The van der Waals surface area contributed by atoms with Gasteiger partial charge < -0.3 is 35.7 Å².